The Morgan fingerprint density at radius 2 is 1.73 bits per heavy atom. The van der Waals surface area contributed by atoms with Crippen molar-refractivity contribution in [1.82, 2.24) is 0 Å². The van der Waals surface area contributed by atoms with Gasteiger partial charge in [0.15, 0.2) is 0 Å². The Morgan fingerprint density at radius 3 is 2.18 bits per heavy atom. The first-order valence-electron chi connectivity index (χ1n) is 2.82. The summed E-state index contributed by atoms with van der Waals surface area (Å²) in [5.74, 6) is 0. The number of carbonyl (C=O) groups is 1. The van der Waals surface area contributed by atoms with Crippen LogP contribution >= 0.6 is 0 Å². The van der Waals surface area contributed by atoms with E-state index < -0.39 is 24.2 Å². The molecule has 0 saturated carbocycles. The molecule has 57 valence electrons. The Balaban J connectivity index is 0.000001000. The molecule has 0 fully saturated rings. The average molecular weight is 348 g/mol. The molecule has 1 aromatic rings. The molecule has 1 aromatic carbocycles. The summed E-state index contributed by atoms with van der Waals surface area (Å²) in [7, 11) is 0. The average Bonchev–Trinajstić information content (AvgIpc) is 2.05. The fraction of sp³-hybridized carbons (Fsp3) is 0. The van der Waals surface area contributed by atoms with Gasteiger partial charge in [-0.2, -0.15) is 0 Å². The van der Waals surface area contributed by atoms with E-state index in [4.69, 9.17) is 0 Å². The van der Waals surface area contributed by atoms with Crippen molar-refractivity contribution in [2.45, 2.75) is 0 Å². The molecule has 0 unspecified atom stereocenters. The Hall–Kier alpha value is -0.458. The zero-order valence-corrected chi connectivity index (χ0v) is 9.50. The molecule has 1 radical (unpaired) electrons. The minimum atomic E-state index is -2.18. The van der Waals surface area contributed by atoms with Crippen LogP contribution in [-0.4, -0.2) is 27.6 Å². The van der Waals surface area contributed by atoms with E-state index in [0.29, 0.717) is 5.56 Å². The van der Waals surface area contributed by atoms with Crippen LogP contribution in [0.3, 0.4) is 0 Å². The summed E-state index contributed by atoms with van der Waals surface area (Å²) in [6, 6.07) is 8.74. The maximum atomic E-state index is 10.8. The normalized spacial score (nSPS) is 8.00. The van der Waals surface area contributed by atoms with Gasteiger partial charge in [0.2, 0.25) is 0 Å². The topological polar surface area (TPSA) is 34.1 Å². The fourth-order valence-electron chi connectivity index (χ4n) is 0.648. The molecule has 0 amide bonds. The van der Waals surface area contributed by atoms with Gasteiger partial charge in [-0.3, -0.25) is 4.70 Å². The van der Waals surface area contributed by atoms with Crippen molar-refractivity contribution in [2.24, 2.45) is 0 Å². The van der Waals surface area contributed by atoms with E-state index in [0.717, 1.165) is 0 Å². The summed E-state index contributed by atoms with van der Waals surface area (Å²) in [4.78, 5) is 10.8. The van der Waals surface area contributed by atoms with Crippen LogP contribution in [0.1, 0.15) is 10.4 Å². The number of benzene rings is 1. The van der Waals surface area contributed by atoms with Gasteiger partial charge in [-0.25, -0.2) is 0 Å². The van der Waals surface area contributed by atoms with Crippen LogP contribution in [-0.2, 0) is 2.69 Å². The van der Waals surface area contributed by atoms with Crippen molar-refractivity contribution in [3.63, 3.8) is 0 Å². The molecule has 4 heteroatoms. The van der Waals surface area contributed by atoms with E-state index in [1.54, 1.807) is 24.3 Å². The summed E-state index contributed by atoms with van der Waals surface area (Å²) >= 11 is -2.18. The molecule has 2 nitrogen and oxygen atoms in total. The summed E-state index contributed by atoms with van der Waals surface area (Å²) in [5.41, 5.74) is 0.584. The quantitative estimate of drug-likeness (QED) is 0.749. The minimum absolute atomic E-state index is 0. The zero-order valence-electron chi connectivity index (χ0n) is 5.61. The molecule has 0 heterocycles. The number of halogens is 1. The van der Waals surface area contributed by atoms with Crippen molar-refractivity contribution in [2.75, 3.05) is 0 Å². The number of hydrogen-bond acceptors (Lipinski definition) is 2. The standard InChI is InChI=1S/C7H5O.FH.O.Pb/c8-6-7-4-2-1-3-5-7;;;/h1-5H;1H;;. The molecule has 0 bridgehead atoms. The van der Waals surface area contributed by atoms with Crippen molar-refractivity contribution in [3.8, 4) is 0 Å². The van der Waals surface area contributed by atoms with Gasteiger partial charge < -0.3 is 0 Å². The second-order valence-corrected chi connectivity index (χ2v) is 4.36. The summed E-state index contributed by atoms with van der Waals surface area (Å²) in [6.45, 7) is 0. The predicted molar refractivity (Wildman–Crippen MR) is 39.7 cm³/mol. The molecule has 0 N–H and O–H groups in total. The summed E-state index contributed by atoms with van der Waals surface area (Å²) in [6.07, 6.45) is 0. The van der Waals surface area contributed by atoms with Gasteiger partial charge in [0.05, 0.1) is 0 Å². The molecule has 1 rings (SSSR count). The van der Waals surface area contributed by atoms with Gasteiger partial charge in [0, 0.05) is 0 Å². The first kappa shape index (κ1) is 10.5. The van der Waals surface area contributed by atoms with E-state index in [2.05, 4.69) is 0 Å². The molecular weight excluding hydrogens is 342 g/mol. The third kappa shape index (κ3) is 2.96. The van der Waals surface area contributed by atoms with Gasteiger partial charge in [-0.15, -0.1) is 0 Å². The zero-order chi connectivity index (χ0) is 7.40. The van der Waals surface area contributed by atoms with Gasteiger partial charge in [0.25, 0.3) is 0 Å². The molecule has 0 spiro atoms. The van der Waals surface area contributed by atoms with Crippen LogP contribution in [0.25, 0.3) is 0 Å². The van der Waals surface area contributed by atoms with Gasteiger partial charge in [-0.05, 0) is 0 Å². The molecule has 11 heavy (non-hydrogen) atoms. The summed E-state index contributed by atoms with van der Waals surface area (Å²) < 4.78 is 10.1. The Labute approximate surface area is 75.7 Å². The fourth-order valence-corrected chi connectivity index (χ4v) is 1.75. The van der Waals surface area contributed by atoms with Crippen LogP contribution in [0.15, 0.2) is 30.3 Å². The van der Waals surface area contributed by atoms with E-state index in [9.17, 15) is 7.48 Å². The first-order valence-corrected chi connectivity index (χ1v) is 6.35. The number of hydrogen-bond donors (Lipinski definition) is 0. The van der Waals surface area contributed by atoms with Crippen molar-refractivity contribution in [3.05, 3.63) is 35.9 Å². The summed E-state index contributed by atoms with van der Waals surface area (Å²) in [5, 5.41) is 0. The van der Waals surface area contributed by atoms with E-state index in [1.165, 1.54) is 0 Å². The molecule has 0 aliphatic heterocycles. The number of carbonyl (C=O) groups excluding carboxylic acids is 1. The van der Waals surface area contributed by atoms with Crippen molar-refractivity contribution >= 4 is 27.6 Å². The predicted octanol–water partition coefficient (Wildman–Crippen LogP) is 1.03. The second kappa shape index (κ2) is 5.23. The van der Waals surface area contributed by atoms with E-state index in [-0.39, 0.29) is 8.05 Å². The molecule has 0 atom stereocenters. The van der Waals surface area contributed by atoms with Crippen LogP contribution < -0.4 is 0 Å². The maximum absolute atomic E-state index is 10.8. The Bertz CT molecular complexity index is 248. The first-order chi connectivity index (χ1) is 4.84. The van der Waals surface area contributed by atoms with E-state index >= 15 is 0 Å². The Kier molecular flexibility index (Phi) is 5.01. The molecule has 0 aromatic heterocycles. The van der Waals surface area contributed by atoms with Crippen molar-refractivity contribution < 1.29 is 12.2 Å². The van der Waals surface area contributed by atoms with Gasteiger partial charge in [0.1, 0.15) is 0 Å². The third-order valence-electron chi connectivity index (χ3n) is 1.13. The Morgan fingerprint density at radius 1 is 1.18 bits per heavy atom. The van der Waals surface area contributed by atoms with Gasteiger partial charge in [-0.1, -0.05) is 0 Å². The van der Waals surface area contributed by atoms with Gasteiger partial charge >= 0.3 is 71.0 Å². The molecular formula is C7H6FO2Pb. The number of rotatable bonds is 2. The van der Waals surface area contributed by atoms with Crippen LogP contribution in [0, 0.1) is 0 Å². The molecule has 0 aliphatic carbocycles. The monoisotopic (exact) mass is 349 g/mol. The van der Waals surface area contributed by atoms with Crippen LogP contribution in [0.2, 0.25) is 0 Å². The van der Waals surface area contributed by atoms with E-state index in [1.807, 2.05) is 6.07 Å². The molecule has 0 aliphatic rings. The third-order valence-corrected chi connectivity index (χ3v) is 2.97. The second-order valence-electron chi connectivity index (χ2n) is 1.80. The van der Waals surface area contributed by atoms with Crippen molar-refractivity contribution in [1.29, 1.82) is 0 Å². The van der Waals surface area contributed by atoms with Crippen LogP contribution in [0.5, 0.6) is 0 Å². The SMILES string of the molecule is F.[O]=[Pb][C](=O)c1ccccc1. The molecule has 0 saturated heterocycles. The van der Waals surface area contributed by atoms with Crippen LogP contribution in [0.4, 0.5) is 4.70 Å².